The summed E-state index contributed by atoms with van der Waals surface area (Å²) in [5.41, 5.74) is 14.2. The van der Waals surface area contributed by atoms with Crippen LogP contribution in [0.3, 0.4) is 0 Å². The Kier molecular flexibility index (Phi) is 8.21. The van der Waals surface area contributed by atoms with Gasteiger partial charge in [0.2, 0.25) is 0 Å². The van der Waals surface area contributed by atoms with Gasteiger partial charge in [0.1, 0.15) is 5.84 Å². The zero-order valence-electron chi connectivity index (χ0n) is 34.4. The van der Waals surface area contributed by atoms with Crippen molar-refractivity contribution in [3.8, 4) is 11.1 Å². The van der Waals surface area contributed by atoms with Crippen LogP contribution in [0.4, 0.5) is 0 Å². The van der Waals surface area contributed by atoms with Crippen molar-refractivity contribution in [1.29, 1.82) is 0 Å². The molecule has 8 aromatic rings. The zero-order valence-corrected chi connectivity index (χ0v) is 34.4. The molecule has 1 atom stereocenters. The molecule has 2 heterocycles. The molecule has 11 rings (SSSR count). The van der Waals surface area contributed by atoms with Gasteiger partial charge in [0.25, 0.3) is 0 Å². The first-order valence-electron chi connectivity index (χ1n) is 21.3. The largest absolute Gasteiger partial charge is 0.359 e. The molecule has 3 heteroatoms. The Balaban J connectivity index is 1.01. The molecule has 59 heavy (non-hydrogen) atoms. The summed E-state index contributed by atoms with van der Waals surface area (Å²) in [5, 5.41) is 11.6. The number of rotatable bonds is 5. The summed E-state index contributed by atoms with van der Waals surface area (Å²) in [6.07, 6.45) is 11.2. The molecule has 0 saturated heterocycles. The number of fused-ring (bicyclic) bond motifs is 7. The molecule has 3 nitrogen and oxygen atoms in total. The Morgan fingerprint density at radius 3 is 1.98 bits per heavy atom. The van der Waals surface area contributed by atoms with Crippen LogP contribution in [0.25, 0.3) is 65.9 Å². The number of aromatic nitrogens is 1. The van der Waals surface area contributed by atoms with E-state index in [-0.39, 0.29) is 16.9 Å². The number of benzene rings is 7. The lowest BCUT2D eigenvalue weighted by Gasteiger charge is -2.42. The quantitative estimate of drug-likeness (QED) is 0.186. The molecular formula is C56H49N3. The summed E-state index contributed by atoms with van der Waals surface area (Å²) in [6, 6.07) is 53.6. The number of amidine groups is 1. The van der Waals surface area contributed by atoms with E-state index in [1.54, 1.807) is 0 Å². The predicted molar refractivity (Wildman–Crippen MR) is 251 cm³/mol. The van der Waals surface area contributed by atoms with Crippen LogP contribution in [0.2, 0.25) is 0 Å². The van der Waals surface area contributed by atoms with Crippen LogP contribution in [-0.4, -0.2) is 10.4 Å². The predicted octanol–water partition coefficient (Wildman–Crippen LogP) is 14.5. The highest BCUT2D eigenvalue weighted by Gasteiger charge is 2.38. The third-order valence-corrected chi connectivity index (χ3v) is 13.6. The van der Waals surface area contributed by atoms with Gasteiger partial charge in [-0.2, -0.15) is 0 Å². The molecule has 0 saturated carbocycles. The van der Waals surface area contributed by atoms with E-state index in [4.69, 9.17) is 4.99 Å². The summed E-state index contributed by atoms with van der Waals surface area (Å²) in [7, 11) is 0. The maximum Gasteiger partial charge on any atom is 0.130 e. The number of allylic oxidation sites excluding steroid dienone is 3. The second kappa shape index (κ2) is 13.6. The first-order chi connectivity index (χ1) is 28.7. The minimum absolute atomic E-state index is 0.00706. The fourth-order valence-corrected chi connectivity index (χ4v) is 10.0. The highest BCUT2D eigenvalue weighted by Crippen LogP contribution is 2.49. The Morgan fingerprint density at radius 2 is 1.22 bits per heavy atom. The summed E-state index contributed by atoms with van der Waals surface area (Å²) in [5.74, 6) is 0.955. The lowest BCUT2D eigenvalue weighted by Crippen LogP contribution is -2.33. The Morgan fingerprint density at radius 1 is 0.559 bits per heavy atom. The molecule has 2 aliphatic carbocycles. The van der Waals surface area contributed by atoms with Crippen LogP contribution in [0.15, 0.2) is 174 Å². The summed E-state index contributed by atoms with van der Waals surface area (Å²) < 4.78 is 2.60. The normalized spacial score (nSPS) is 18.5. The van der Waals surface area contributed by atoms with Gasteiger partial charge >= 0.3 is 0 Å². The van der Waals surface area contributed by atoms with Crippen LogP contribution in [0, 0.1) is 0 Å². The molecule has 1 aliphatic heterocycles. The number of hydrogen-bond acceptors (Lipinski definition) is 2. The van der Waals surface area contributed by atoms with E-state index >= 15 is 0 Å². The molecule has 288 valence electrons. The minimum atomic E-state index is 0.00706. The van der Waals surface area contributed by atoms with Gasteiger partial charge in [0.05, 0.1) is 22.8 Å². The zero-order chi connectivity index (χ0) is 39.9. The Labute approximate surface area is 347 Å². The molecule has 7 aromatic carbocycles. The Hall–Kier alpha value is -6.45. The van der Waals surface area contributed by atoms with E-state index in [1.807, 2.05) is 0 Å². The van der Waals surface area contributed by atoms with Crippen molar-refractivity contribution < 1.29 is 0 Å². The lowest BCUT2D eigenvalue weighted by atomic mass is 9.63. The fraction of sp³-hybridized carbons (Fsp3) is 0.196. The first kappa shape index (κ1) is 35.7. The SMILES string of the molecule is CC1(C)CCC(C)(C)c2cc3c(cc21)c1ccc2ccccc2c1n3C1=CC=C(C2=NC(c3ccc(-c4ccc5ccccc5c4)cc3)=CC(c3ccccc3)N2)CC1. The van der Waals surface area contributed by atoms with Gasteiger partial charge in [0.15, 0.2) is 0 Å². The highest BCUT2D eigenvalue weighted by molar-refractivity contribution is 6.19. The third-order valence-electron chi connectivity index (χ3n) is 13.6. The van der Waals surface area contributed by atoms with Crippen molar-refractivity contribution >= 4 is 60.6 Å². The smallest absolute Gasteiger partial charge is 0.130 e. The van der Waals surface area contributed by atoms with Crippen molar-refractivity contribution in [3.63, 3.8) is 0 Å². The van der Waals surface area contributed by atoms with Gasteiger partial charge in [-0.1, -0.05) is 161 Å². The second-order valence-electron chi connectivity index (χ2n) is 18.2. The van der Waals surface area contributed by atoms with Crippen molar-refractivity contribution in [2.75, 3.05) is 0 Å². The molecule has 0 spiro atoms. The molecular weight excluding hydrogens is 715 g/mol. The Bertz CT molecular complexity index is 3110. The molecule has 1 unspecified atom stereocenters. The van der Waals surface area contributed by atoms with E-state index in [2.05, 4.69) is 201 Å². The van der Waals surface area contributed by atoms with Gasteiger partial charge < -0.3 is 9.88 Å². The topological polar surface area (TPSA) is 29.3 Å². The maximum absolute atomic E-state index is 5.36. The lowest BCUT2D eigenvalue weighted by molar-refractivity contribution is 0.332. The van der Waals surface area contributed by atoms with Gasteiger partial charge in [-0.3, -0.25) is 0 Å². The molecule has 0 bridgehead atoms. The summed E-state index contributed by atoms with van der Waals surface area (Å²) >= 11 is 0. The molecule has 0 fully saturated rings. The molecule has 1 N–H and O–H groups in total. The van der Waals surface area contributed by atoms with E-state index in [0.29, 0.717) is 0 Å². The van der Waals surface area contributed by atoms with Crippen LogP contribution >= 0.6 is 0 Å². The van der Waals surface area contributed by atoms with Crippen molar-refractivity contribution in [3.05, 3.63) is 192 Å². The van der Waals surface area contributed by atoms with Crippen LogP contribution in [0.1, 0.15) is 81.7 Å². The first-order valence-corrected chi connectivity index (χ1v) is 21.3. The number of nitrogens with zero attached hydrogens (tertiary/aromatic N) is 2. The molecule has 1 aromatic heterocycles. The van der Waals surface area contributed by atoms with Gasteiger partial charge in [0, 0.05) is 21.9 Å². The van der Waals surface area contributed by atoms with E-state index < -0.39 is 0 Å². The number of nitrogens with one attached hydrogen (secondary N) is 1. The average molecular weight is 764 g/mol. The third kappa shape index (κ3) is 6.06. The van der Waals surface area contributed by atoms with E-state index in [9.17, 15) is 0 Å². The van der Waals surface area contributed by atoms with Crippen LogP contribution in [-0.2, 0) is 10.8 Å². The van der Waals surface area contributed by atoms with Gasteiger partial charge in [-0.25, -0.2) is 4.99 Å². The standard InChI is InChI=1S/C56H49N3/c1-55(2)30-31-56(3,4)49-34-52-47(33-48(49)55)46-29-26-38-13-10-11-17-45(38)53(46)59(52)44-27-24-41(25-28-44)54-57-50(39-14-6-5-7-15-39)35-51(58-54)40-21-18-37(19-22-40)43-23-20-36-12-8-9-16-42(36)32-43/h5-24,26-27,29,32-35,50H,25,28,30-31H2,1-4H3,(H,57,58). The van der Waals surface area contributed by atoms with Crippen molar-refractivity contribution in [2.24, 2.45) is 4.99 Å². The highest BCUT2D eigenvalue weighted by atomic mass is 15.1. The fourth-order valence-electron chi connectivity index (χ4n) is 10.0. The van der Waals surface area contributed by atoms with Gasteiger partial charge in [-0.15, -0.1) is 0 Å². The van der Waals surface area contributed by atoms with Crippen molar-refractivity contribution in [2.45, 2.75) is 70.3 Å². The second-order valence-corrected chi connectivity index (χ2v) is 18.2. The monoisotopic (exact) mass is 763 g/mol. The number of hydrogen-bond donors (Lipinski definition) is 1. The van der Waals surface area contributed by atoms with Crippen molar-refractivity contribution in [1.82, 2.24) is 9.88 Å². The van der Waals surface area contributed by atoms with Crippen LogP contribution in [0.5, 0.6) is 0 Å². The molecule has 0 radical (unpaired) electrons. The van der Waals surface area contributed by atoms with Gasteiger partial charge in [-0.05, 0) is 122 Å². The molecule has 0 amide bonds. The average Bonchev–Trinajstić information content (AvgIpc) is 3.62. The maximum atomic E-state index is 5.36. The number of aliphatic imine (C=N–C) groups is 1. The summed E-state index contributed by atoms with van der Waals surface area (Å²) in [4.78, 5) is 5.36. The summed E-state index contributed by atoms with van der Waals surface area (Å²) in [6.45, 7) is 9.74. The van der Waals surface area contributed by atoms with Crippen LogP contribution < -0.4 is 5.32 Å². The van der Waals surface area contributed by atoms with E-state index in [1.165, 1.54) is 95.3 Å². The van der Waals surface area contributed by atoms with E-state index in [0.717, 1.165) is 29.9 Å². The minimum Gasteiger partial charge on any atom is -0.359 e. The molecule has 3 aliphatic rings.